The summed E-state index contributed by atoms with van der Waals surface area (Å²) < 4.78 is 41.4. The van der Waals surface area contributed by atoms with Crippen molar-refractivity contribution >= 4 is 16.3 Å². The first-order valence-corrected chi connectivity index (χ1v) is 19.5. The predicted molar refractivity (Wildman–Crippen MR) is 195 cm³/mol. The zero-order valence-electron chi connectivity index (χ0n) is 30.3. The van der Waals surface area contributed by atoms with Crippen LogP contribution in [0.4, 0.5) is 5.69 Å². The fourth-order valence-electron chi connectivity index (χ4n) is 6.46. The molecule has 1 unspecified atom stereocenters. The molecule has 2 aromatic carbocycles. The fraction of sp³-hybridized carbons (Fsp3) is 0.676. The molecular formula is C37H64N3O6S+. The molecular weight excluding hydrogens is 614 g/mol. The Bertz CT molecular complexity index is 1160. The molecule has 1 atom stereocenters. The van der Waals surface area contributed by atoms with Crippen molar-refractivity contribution in [3.8, 4) is 5.75 Å². The van der Waals surface area contributed by atoms with E-state index in [1.807, 2.05) is 38.4 Å². The Morgan fingerprint density at radius 3 is 1.94 bits per heavy atom. The minimum absolute atomic E-state index is 0.184. The van der Waals surface area contributed by atoms with E-state index in [9.17, 15) is 9.11 Å². The number of fused-ring (bicyclic) bond motifs is 1. The van der Waals surface area contributed by atoms with Gasteiger partial charge in [-0.25, -0.2) is 4.84 Å². The molecule has 3 rings (SSSR count). The van der Waals surface area contributed by atoms with Gasteiger partial charge < -0.3 is 19.1 Å². The van der Waals surface area contributed by atoms with E-state index < -0.39 is 10.6 Å². The Morgan fingerprint density at radius 2 is 1.38 bits per heavy atom. The molecule has 0 aromatic heterocycles. The Labute approximate surface area is 286 Å². The van der Waals surface area contributed by atoms with E-state index in [1.165, 1.54) is 0 Å². The van der Waals surface area contributed by atoms with Crippen LogP contribution < -0.4 is 15.0 Å². The van der Waals surface area contributed by atoms with Crippen molar-refractivity contribution in [1.29, 1.82) is 0 Å². The van der Waals surface area contributed by atoms with Gasteiger partial charge in [0.25, 0.3) is 0 Å². The maximum atomic E-state index is 11.7. The van der Waals surface area contributed by atoms with Crippen LogP contribution in [0.15, 0.2) is 47.4 Å². The quantitative estimate of drug-likeness (QED) is 0.0658. The highest BCUT2D eigenvalue weighted by molar-refractivity contribution is 8.24. The van der Waals surface area contributed by atoms with Gasteiger partial charge in [0.15, 0.2) is 0 Å². The summed E-state index contributed by atoms with van der Waals surface area (Å²) in [5.41, 5.74) is 2.67. The van der Waals surface area contributed by atoms with Crippen LogP contribution in [0.2, 0.25) is 0 Å². The number of nitrogens with zero attached hydrogens (tertiary/aromatic N) is 2. The molecule has 1 heterocycles. The summed E-state index contributed by atoms with van der Waals surface area (Å²) in [6.07, 6.45) is 6.00. The third-order valence-electron chi connectivity index (χ3n) is 9.52. The second-order valence-electron chi connectivity index (χ2n) is 13.0. The van der Waals surface area contributed by atoms with Crippen molar-refractivity contribution < 1.29 is 32.8 Å². The van der Waals surface area contributed by atoms with E-state index in [0.29, 0.717) is 54.9 Å². The third-order valence-corrected chi connectivity index (χ3v) is 11.6. The normalized spacial score (nSPS) is 17.9. The molecule has 3 N–H and O–H groups in total. The molecule has 0 bridgehead atoms. The number of unbranched alkanes of at least 4 members (excludes halogenated alkanes) is 2. The van der Waals surface area contributed by atoms with Crippen LogP contribution in [0, 0.1) is 0 Å². The summed E-state index contributed by atoms with van der Waals surface area (Å²) in [7, 11) is 1.02. The van der Waals surface area contributed by atoms with Crippen molar-refractivity contribution in [3.63, 3.8) is 0 Å². The van der Waals surface area contributed by atoms with Crippen molar-refractivity contribution in [1.82, 2.24) is 5.32 Å². The largest absolute Gasteiger partial charge is 0.491 e. The van der Waals surface area contributed by atoms with E-state index in [2.05, 4.69) is 63.0 Å². The zero-order chi connectivity index (χ0) is 34.3. The maximum absolute atomic E-state index is 11.7. The van der Waals surface area contributed by atoms with E-state index in [1.54, 1.807) is 0 Å². The number of hydrogen-bond donors (Lipinski definition) is 3. The van der Waals surface area contributed by atoms with Gasteiger partial charge >= 0.3 is 0 Å². The fourth-order valence-corrected chi connectivity index (χ4v) is 8.60. The van der Waals surface area contributed by atoms with Crippen molar-refractivity contribution in [2.75, 3.05) is 84.0 Å². The summed E-state index contributed by atoms with van der Waals surface area (Å²) in [6, 6.07) is 14.0. The molecule has 0 amide bonds. The standard InChI is InChI=1S/C37H63N3O6S/c1-8-13-21-37(22-14-9-2)30-47(41,42)35-20-17-32(39(6)7)29-34(35)36(38-37)31-15-18-33(19-16-31)45-27-25-43-23-24-44-26-28-46-40(10-3,11-4)12-5/h15-20,29,36,38H,8-14,21-28,30H2,1-7H3,(H-,41,42)/p+1. The molecule has 1 aliphatic rings. The van der Waals surface area contributed by atoms with Crippen molar-refractivity contribution in [2.24, 2.45) is 0 Å². The molecule has 9 nitrogen and oxygen atoms in total. The summed E-state index contributed by atoms with van der Waals surface area (Å²) in [4.78, 5) is 8.74. The van der Waals surface area contributed by atoms with E-state index >= 15 is 0 Å². The molecule has 0 aliphatic carbocycles. The van der Waals surface area contributed by atoms with Gasteiger partial charge in [-0.2, -0.15) is 15.2 Å². The minimum Gasteiger partial charge on any atom is -0.491 e. The molecule has 10 heteroatoms. The average molecular weight is 679 g/mol. The minimum atomic E-state index is -3.01. The first kappa shape index (κ1) is 39.5. The topological polar surface area (TPSA) is 92.7 Å². The van der Waals surface area contributed by atoms with Crippen LogP contribution in [0.5, 0.6) is 5.75 Å². The number of rotatable bonds is 22. The average Bonchev–Trinajstić information content (AvgIpc) is 3.17. The SMILES string of the molecule is CCCCC1(CCCC)CS(O)(O)c2ccc(N(C)C)cc2C(c2ccc(OCCOCCOCCO[N+](CC)(CC)CC)cc2)N1. The number of hydrogen-bond acceptors (Lipinski definition) is 8. The molecule has 268 valence electrons. The van der Waals surface area contributed by atoms with E-state index in [0.717, 1.165) is 80.7 Å². The second-order valence-corrected chi connectivity index (χ2v) is 15.0. The zero-order valence-corrected chi connectivity index (χ0v) is 31.1. The van der Waals surface area contributed by atoms with Crippen LogP contribution in [-0.4, -0.2) is 98.4 Å². The predicted octanol–water partition coefficient (Wildman–Crippen LogP) is 7.89. The number of ether oxygens (including phenoxy) is 3. The first-order chi connectivity index (χ1) is 22.6. The molecule has 2 aromatic rings. The summed E-state index contributed by atoms with van der Waals surface area (Å²) in [5.74, 6) is 1.11. The van der Waals surface area contributed by atoms with Gasteiger partial charge in [0.2, 0.25) is 0 Å². The van der Waals surface area contributed by atoms with Gasteiger partial charge in [0.1, 0.15) is 38.6 Å². The monoisotopic (exact) mass is 678 g/mol. The summed E-state index contributed by atoms with van der Waals surface area (Å²) in [5, 5.41) is 4.01. The lowest BCUT2D eigenvalue weighted by molar-refractivity contribution is -1.10. The maximum Gasteiger partial charge on any atom is 0.129 e. The first-order valence-electron chi connectivity index (χ1n) is 17.8. The lowest BCUT2D eigenvalue weighted by Crippen LogP contribution is -2.50. The van der Waals surface area contributed by atoms with Crippen molar-refractivity contribution in [3.05, 3.63) is 53.6 Å². The summed E-state index contributed by atoms with van der Waals surface area (Å²) in [6.45, 7) is 16.8. The number of nitrogens with one attached hydrogen (secondary N) is 1. The Morgan fingerprint density at radius 1 is 0.809 bits per heavy atom. The molecule has 0 spiro atoms. The number of hydroxylamine groups is 3. The van der Waals surface area contributed by atoms with Gasteiger partial charge in [-0.3, -0.25) is 14.4 Å². The number of benzene rings is 2. The van der Waals surface area contributed by atoms with Gasteiger partial charge in [-0.1, -0.05) is 51.7 Å². The highest BCUT2D eigenvalue weighted by atomic mass is 32.3. The van der Waals surface area contributed by atoms with Crippen LogP contribution in [0.1, 0.15) is 90.3 Å². The van der Waals surface area contributed by atoms with Crippen LogP contribution in [-0.2, 0) is 14.3 Å². The Hall–Kier alpha value is -1.89. The number of anilines is 1. The molecule has 0 saturated heterocycles. The molecule has 47 heavy (non-hydrogen) atoms. The van der Waals surface area contributed by atoms with E-state index in [4.69, 9.17) is 19.0 Å². The van der Waals surface area contributed by atoms with Crippen LogP contribution in [0.25, 0.3) is 0 Å². The highest BCUT2D eigenvalue weighted by Gasteiger charge is 2.42. The highest BCUT2D eigenvalue weighted by Crippen LogP contribution is 2.57. The third kappa shape index (κ3) is 11.3. The number of quaternary nitrogens is 1. The molecule has 0 radical (unpaired) electrons. The van der Waals surface area contributed by atoms with E-state index in [-0.39, 0.29) is 11.6 Å². The lowest BCUT2D eigenvalue weighted by atomic mass is 9.86. The van der Waals surface area contributed by atoms with Gasteiger partial charge in [0.05, 0.1) is 43.1 Å². The van der Waals surface area contributed by atoms with Crippen LogP contribution >= 0.6 is 10.6 Å². The van der Waals surface area contributed by atoms with Gasteiger partial charge in [-0.05, 0) is 75.1 Å². The molecule has 1 aliphatic heterocycles. The second kappa shape index (κ2) is 19.3. The summed E-state index contributed by atoms with van der Waals surface area (Å²) >= 11 is 0. The Balaban J connectivity index is 1.63. The molecule has 0 saturated carbocycles. The van der Waals surface area contributed by atoms with Gasteiger partial charge in [-0.15, -0.1) is 0 Å². The lowest BCUT2D eigenvalue weighted by Gasteiger charge is -2.42. The smallest absolute Gasteiger partial charge is 0.129 e. The van der Waals surface area contributed by atoms with Gasteiger partial charge in [0, 0.05) is 25.3 Å². The van der Waals surface area contributed by atoms with Crippen molar-refractivity contribution in [2.45, 2.75) is 89.6 Å². The molecule has 0 fully saturated rings. The van der Waals surface area contributed by atoms with Crippen LogP contribution in [0.3, 0.4) is 0 Å². The Kier molecular flexibility index (Phi) is 16.3.